The van der Waals surface area contributed by atoms with Gasteiger partial charge in [-0.2, -0.15) is 5.26 Å². The van der Waals surface area contributed by atoms with Crippen LogP contribution in [0.5, 0.6) is 11.5 Å². The number of amides is 1. The maximum Gasteiger partial charge on any atom is 0.266 e. The van der Waals surface area contributed by atoms with E-state index in [4.69, 9.17) is 4.74 Å². The zero-order valence-corrected chi connectivity index (χ0v) is 18.7. The van der Waals surface area contributed by atoms with Crippen LogP contribution in [-0.2, 0) is 11.4 Å². The van der Waals surface area contributed by atoms with E-state index in [1.165, 1.54) is 29.3 Å². The van der Waals surface area contributed by atoms with Crippen molar-refractivity contribution in [3.63, 3.8) is 0 Å². The lowest BCUT2D eigenvalue weighted by molar-refractivity contribution is -0.112. The highest BCUT2D eigenvalue weighted by molar-refractivity contribution is 9.10. The van der Waals surface area contributed by atoms with Crippen molar-refractivity contribution < 1.29 is 14.6 Å². The molecule has 6 heteroatoms. The number of hydrogen-bond acceptors (Lipinski definition) is 4. The summed E-state index contributed by atoms with van der Waals surface area (Å²) in [5.74, 6) is 0.105. The lowest BCUT2D eigenvalue weighted by atomic mass is 10.1. The van der Waals surface area contributed by atoms with Gasteiger partial charge in [0.15, 0.2) is 0 Å². The number of phenols is 1. The molecule has 0 saturated carbocycles. The second-order valence-electron chi connectivity index (χ2n) is 7.06. The Morgan fingerprint density at radius 2 is 1.84 bits per heavy atom. The van der Waals surface area contributed by atoms with Gasteiger partial charge in [-0.05, 0) is 79.1 Å². The third kappa shape index (κ3) is 5.97. The van der Waals surface area contributed by atoms with Crippen molar-refractivity contribution in [2.75, 3.05) is 5.32 Å². The Bertz CT molecular complexity index is 1180. The van der Waals surface area contributed by atoms with Crippen LogP contribution in [0.2, 0.25) is 0 Å². The number of ether oxygens (including phenoxy) is 1. The molecule has 0 aliphatic heterocycles. The van der Waals surface area contributed by atoms with Gasteiger partial charge >= 0.3 is 0 Å². The van der Waals surface area contributed by atoms with Crippen LogP contribution in [-0.4, -0.2) is 11.0 Å². The average Bonchev–Trinajstić information content (AvgIpc) is 2.75. The maximum atomic E-state index is 12.6. The van der Waals surface area contributed by atoms with Crippen molar-refractivity contribution in [2.45, 2.75) is 20.5 Å². The minimum Gasteiger partial charge on any atom is -0.508 e. The number of anilines is 1. The number of aromatic hydroxyl groups is 1. The molecule has 0 saturated heterocycles. The zero-order valence-electron chi connectivity index (χ0n) is 17.1. The van der Waals surface area contributed by atoms with Gasteiger partial charge in [0, 0.05) is 15.7 Å². The fraction of sp³-hybridized carbons (Fsp3) is 0.120. The maximum absolute atomic E-state index is 12.6. The van der Waals surface area contributed by atoms with Gasteiger partial charge in [0.1, 0.15) is 29.7 Å². The van der Waals surface area contributed by atoms with Crippen LogP contribution in [0, 0.1) is 25.2 Å². The lowest BCUT2D eigenvalue weighted by Crippen LogP contribution is -2.13. The standard InChI is InChI=1S/C25H21BrN2O3/c1-16-3-4-18(11-17(16)2)15-31-24-10-5-21(26)13-19(24)12-20(14-27)25(30)28-22-6-8-23(29)9-7-22/h3-13,29H,15H2,1-2H3,(H,28,30)/b20-12+. The fourth-order valence-corrected chi connectivity index (χ4v) is 3.24. The summed E-state index contributed by atoms with van der Waals surface area (Å²) in [5.41, 5.74) is 4.46. The number of hydrogen-bond donors (Lipinski definition) is 2. The molecule has 31 heavy (non-hydrogen) atoms. The summed E-state index contributed by atoms with van der Waals surface area (Å²) >= 11 is 3.43. The number of benzene rings is 3. The molecule has 0 fully saturated rings. The van der Waals surface area contributed by atoms with Crippen LogP contribution in [0.1, 0.15) is 22.3 Å². The van der Waals surface area contributed by atoms with E-state index in [1.807, 2.05) is 18.2 Å². The van der Waals surface area contributed by atoms with Crippen molar-refractivity contribution in [2.24, 2.45) is 0 Å². The number of carbonyl (C=O) groups is 1. The Hall–Kier alpha value is -3.56. The first-order valence-electron chi connectivity index (χ1n) is 9.56. The summed E-state index contributed by atoms with van der Waals surface area (Å²) in [6.07, 6.45) is 1.50. The molecule has 3 aromatic rings. The van der Waals surface area contributed by atoms with E-state index in [1.54, 1.807) is 24.3 Å². The Morgan fingerprint density at radius 3 is 2.52 bits per heavy atom. The topological polar surface area (TPSA) is 82.3 Å². The molecule has 3 rings (SSSR count). The number of nitriles is 1. The Kier molecular flexibility index (Phi) is 7.11. The largest absolute Gasteiger partial charge is 0.508 e. The van der Waals surface area contributed by atoms with Crippen LogP contribution in [0.3, 0.4) is 0 Å². The van der Waals surface area contributed by atoms with Crippen molar-refractivity contribution in [1.29, 1.82) is 5.26 Å². The monoisotopic (exact) mass is 476 g/mol. The first kappa shape index (κ1) is 22.1. The number of phenolic OH excluding ortho intramolecular Hbond substituents is 1. The first-order valence-corrected chi connectivity index (χ1v) is 10.4. The third-order valence-corrected chi connectivity index (χ3v) is 5.22. The minimum atomic E-state index is -0.548. The van der Waals surface area contributed by atoms with Crippen molar-refractivity contribution in [3.05, 3.63) is 93.0 Å². The Labute approximate surface area is 189 Å². The van der Waals surface area contributed by atoms with Crippen LogP contribution in [0.4, 0.5) is 5.69 Å². The highest BCUT2D eigenvalue weighted by atomic mass is 79.9. The normalized spacial score (nSPS) is 11.0. The summed E-state index contributed by atoms with van der Waals surface area (Å²) < 4.78 is 6.79. The van der Waals surface area contributed by atoms with Gasteiger partial charge in [-0.25, -0.2) is 0 Å². The number of halogens is 1. The molecule has 1 amide bonds. The zero-order chi connectivity index (χ0) is 22.4. The number of carbonyl (C=O) groups excluding carboxylic acids is 1. The quantitative estimate of drug-likeness (QED) is 0.263. The predicted molar refractivity (Wildman–Crippen MR) is 125 cm³/mol. The highest BCUT2D eigenvalue weighted by Crippen LogP contribution is 2.27. The summed E-state index contributed by atoms with van der Waals surface area (Å²) in [7, 11) is 0. The average molecular weight is 477 g/mol. The molecule has 156 valence electrons. The van der Waals surface area contributed by atoms with Crippen LogP contribution < -0.4 is 10.1 Å². The molecule has 2 N–H and O–H groups in total. The van der Waals surface area contributed by atoms with Crippen LogP contribution in [0.25, 0.3) is 6.08 Å². The van der Waals surface area contributed by atoms with Crippen LogP contribution >= 0.6 is 15.9 Å². The molecule has 0 radical (unpaired) electrons. The summed E-state index contributed by atoms with van der Waals surface area (Å²) in [5, 5.41) is 21.5. The Morgan fingerprint density at radius 1 is 1.10 bits per heavy atom. The predicted octanol–water partition coefficient (Wildman–Crippen LogP) is 5.90. The molecule has 0 aliphatic carbocycles. The van der Waals surface area contributed by atoms with Gasteiger partial charge in [-0.1, -0.05) is 34.1 Å². The molecule has 0 aromatic heterocycles. The molecular weight excluding hydrogens is 456 g/mol. The van der Waals surface area contributed by atoms with E-state index in [9.17, 15) is 15.2 Å². The van der Waals surface area contributed by atoms with Crippen molar-refractivity contribution >= 4 is 33.6 Å². The van der Waals surface area contributed by atoms with Gasteiger partial charge in [0.25, 0.3) is 5.91 Å². The highest BCUT2D eigenvalue weighted by Gasteiger charge is 2.12. The first-order chi connectivity index (χ1) is 14.9. The summed E-state index contributed by atoms with van der Waals surface area (Å²) in [4.78, 5) is 12.6. The second kappa shape index (κ2) is 9.96. The van der Waals surface area contributed by atoms with Crippen LogP contribution in [0.15, 0.2) is 70.7 Å². The van der Waals surface area contributed by atoms with Gasteiger partial charge in [0.05, 0.1) is 0 Å². The van der Waals surface area contributed by atoms with E-state index < -0.39 is 5.91 Å². The number of aryl methyl sites for hydroxylation is 2. The number of nitrogens with zero attached hydrogens (tertiary/aromatic N) is 1. The molecule has 5 nitrogen and oxygen atoms in total. The lowest BCUT2D eigenvalue weighted by Gasteiger charge is -2.12. The SMILES string of the molecule is Cc1ccc(COc2ccc(Br)cc2/C=C(\C#N)C(=O)Nc2ccc(O)cc2)cc1C. The molecule has 0 heterocycles. The third-order valence-electron chi connectivity index (χ3n) is 4.73. The summed E-state index contributed by atoms with van der Waals surface area (Å²) in [6, 6.07) is 19.5. The number of rotatable bonds is 6. The molecule has 3 aromatic carbocycles. The van der Waals surface area contributed by atoms with Crippen molar-refractivity contribution in [3.8, 4) is 17.6 Å². The van der Waals surface area contributed by atoms with E-state index in [0.717, 1.165) is 10.0 Å². The van der Waals surface area contributed by atoms with Crippen molar-refractivity contribution in [1.82, 2.24) is 0 Å². The molecule has 0 unspecified atom stereocenters. The fourth-order valence-electron chi connectivity index (χ4n) is 2.87. The van der Waals surface area contributed by atoms with E-state index in [-0.39, 0.29) is 11.3 Å². The second-order valence-corrected chi connectivity index (χ2v) is 7.98. The molecular formula is C25H21BrN2O3. The van der Waals surface area contributed by atoms with Gasteiger partial charge in [-0.15, -0.1) is 0 Å². The molecule has 0 aliphatic rings. The molecule has 0 spiro atoms. The smallest absolute Gasteiger partial charge is 0.266 e. The molecule has 0 bridgehead atoms. The Balaban J connectivity index is 1.82. The minimum absolute atomic E-state index is 0.0674. The van der Waals surface area contributed by atoms with Gasteiger partial charge in [0.2, 0.25) is 0 Å². The number of nitrogens with one attached hydrogen (secondary N) is 1. The van der Waals surface area contributed by atoms with E-state index in [2.05, 4.69) is 47.2 Å². The van der Waals surface area contributed by atoms with Gasteiger partial charge in [-0.3, -0.25) is 4.79 Å². The summed E-state index contributed by atoms with van der Waals surface area (Å²) in [6.45, 7) is 4.48. The molecule has 0 atom stereocenters. The van der Waals surface area contributed by atoms with E-state index >= 15 is 0 Å². The van der Waals surface area contributed by atoms with Gasteiger partial charge < -0.3 is 15.2 Å². The van der Waals surface area contributed by atoms with E-state index in [0.29, 0.717) is 23.6 Å².